The van der Waals surface area contributed by atoms with Gasteiger partial charge < -0.3 is 16.2 Å². The number of hydrogen-bond acceptors (Lipinski definition) is 3. The molecule has 0 saturated carbocycles. The number of carbonyl (C=O) groups is 1. The molecule has 0 aliphatic heterocycles. The van der Waals surface area contributed by atoms with Gasteiger partial charge in [0.1, 0.15) is 6.04 Å². The molecule has 1 unspecified atom stereocenters. The van der Waals surface area contributed by atoms with Crippen LogP contribution in [-0.2, 0) is 11.2 Å². The van der Waals surface area contributed by atoms with Crippen LogP contribution in [0.3, 0.4) is 0 Å². The largest absolute Gasteiger partial charge is 0.480 e. The molecule has 0 aromatic heterocycles. The van der Waals surface area contributed by atoms with Gasteiger partial charge in [0.2, 0.25) is 0 Å². The summed E-state index contributed by atoms with van der Waals surface area (Å²) in [4.78, 5) is 11.4. The van der Waals surface area contributed by atoms with Crippen molar-refractivity contribution in [2.45, 2.75) is 44.6 Å². The molecule has 0 fully saturated rings. The van der Waals surface area contributed by atoms with E-state index in [1.165, 1.54) is 9.13 Å². The number of rotatable bonds is 10. The summed E-state index contributed by atoms with van der Waals surface area (Å²) in [5.41, 5.74) is 6.78. The van der Waals surface area contributed by atoms with Gasteiger partial charge in [0.15, 0.2) is 0 Å². The summed E-state index contributed by atoms with van der Waals surface area (Å²) in [6.07, 6.45) is 5.15. The minimum atomic E-state index is -0.931. The summed E-state index contributed by atoms with van der Waals surface area (Å²) in [6, 6.07) is 7.80. The molecular weight excluding hydrogens is 411 g/mol. The van der Waals surface area contributed by atoms with E-state index in [9.17, 15) is 4.79 Å². The van der Waals surface area contributed by atoms with E-state index in [1.807, 2.05) is 0 Å². The lowest BCUT2D eigenvalue weighted by Crippen LogP contribution is -2.30. The molecule has 1 aromatic rings. The Balaban J connectivity index is 2.04. The number of nitrogens with one attached hydrogen (secondary N) is 1. The van der Waals surface area contributed by atoms with Crippen molar-refractivity contribution < 1.29 is 9.90 Å². The third-order valence-electron chi connectivity index (χ3n) is 3.36. The predicted octanol–water partition coefficient (Wildman–Crippen LogP) is 3.11. The lowest BCUT2D eigenvalue weighted by molar-refractivity contribution is -0.138. The number of hydrogen-bond donors (Lipinski definition) is 3. The number of unbranched alkanes of at least 4 members (excludes halogenated alkanes) is 1. The standard InChI is InChI=1S/C16H23IN2O2S/c17-13-9-7-12(8-10-13)4-3-6-15(22)19-11-2-1-5-14(18)16(20)21/h7-10,14H,1-6,11,18H2,(H,19,22)(H,20,21). The molecule has 1 aromatic carbocycles. The molecule has 0 heterocycles. The topological polar surface area (TPSA) is 75.3 Å². The molecule has 6 heteroatoms. The molecule has 4 nitrogen and oxygen atoms in total. The number of thiocarbonyl (C=S) groups is 1. The van der Waals surface area contributed by atoms with E-state index in [2.05, 4.69) is 52.2 Å². The molecule has 122 valence electrons. The van der Waals surface area contributed by atoms with Crippen LogP contribution in [0.15, 0.2) is 24.3 Å². The van der Waals surface area contributed by atoms with E-state index >= 15 is 0 Å². The summed E-state index contributed by atoms with van der Waals surface area (Å²) in [5, 5.41) is 11.9. The molecule has 1 atom stereocenters. The molecule has 0 amide bonds. The number of benzene rings is 1. The number of nitrogens with two attached hydrogens (primary N) is 1. The summed E-state index contributed by atoms with van der Waals surface area (Å²) < 4.78 is 1.25. The van der Waals surface area contributed by atoms with Crippen LogP contribution in [0.2, 0.25) is 0 Å². The second-order valence-corrected chi connectivity index (χ2v) is 7.01. The lowest BCUT2D eigenvalue weighted by atomic mass is 10.1. The molecule has 1 rings (SSSR count). The number of carboxylic acid groups (broad SMARTS) is 1. The molecule has 0 spiro atoms. The van der Waals surface area contributed by atoms with E-state index < -0.39 is 12.0 Å². The van der Waals surface area contributed by atoms with Crippen LogP contribution in [0, 0.1) is 3.57 Å². The van der Waals surface area contributed by atoms with Gasteiger partial charge in [0.05, 0.1) is 4.99 Å². The minimum Gasteiger partial charge on any atom is -0.480 e. The highest BCUT2D eigenvalue weighted by Gasteiger charge is 2.09. The fourth-order valence-electron chi connectivity index (χ4n) is 2.03. The highest BCUT2D eigenvalue weighted by molar-refractivity contribution is 14.1. The van der Waals surface area contributed by atoms with Crippen molar-refractivity contribution in [3.05, 3.63) is 33.4 Å². The van der Waals surface area contributed by atoms with Crippen molar-refractivity contribution in [3.63, 3.8) is 0 Å². The van der Waals surface area contributed by atoms with Crippen LogP contribution in [0.1, 0.15) is 37.7 Å². The zero-order valence-corrected chi connectivity index (χ0v) is 15.5. The fourth-order valence-corrected chi connectivity index (χ4v) is 2.64. The van der Waals surface area contributed by atoms with Gasteiger partial charge in [0.25, 0.3) is 0 Å². The van der Waals surface area contributed by atoms with Crippen molar-refractivity contribution in [1.82, 2.24) is 5.32 Å². The van der Waals surface area contributed by atoms with E-state index in [1.54, 1.807) is 0 Å². The van der Waals surface area contributed by atoms with Gasteiger partial charge in [-0.2, -0.15) is 0 Å². The Morgan fingerprint density at radius 1 is 1.27 bits per heavy atom. The first kappa shape index (κ1) is 19.3. The Morgan fingerprint density at radius 3 is 2.59 bits per heavy atom. The third kappa shape index (κ3) is 8.65. The number of aliphatic carboxylic acids is 1. The van der Waals surface area contributed by atoms with Gasteiger partial charge in [-0.15, -0.1) is 0 Å². The second-order valence-electron chi connectivity index (χ2n) is 5.27. The van der Waals surface area contributed by atoms with Crippen molar-refractivity contribution in [2.24, 2.45) is 5.73 Å². The van der Waals surface area contributed by atoms with Gasteiger partial charge in [-0.05, 0) is 78.8 Å². The molecule has 0 aliphatic carbocycles. The zero-order valence-electron chi connectivity index (χ0n) is 12.6. The van der Waals surface area contributed by atoms with Crippen molar-refractivity contribution in [1.29, 1.82) is 0 Å². The first-order chi connectivity index (χ1) is 10.5. The molecule has 4 N–H and O–H groups in total. The average molecular weight is 434 g/mol. The first-order valence-electron chi connectivity index (χ1n) is 7.48. The smallest absolute Gasteiger partial charge is 0.320 e. The van der Waals surface area contributed by atoms with Gasteiger partial charge in [-0.3, -0.25) is 4.79 Å². The monoisotopic (exact) mass is 434 g/mol. The van der Waals surface area contributed by atoms with Gasteiger partial charge >= 0.3 is 5.97 Å². The number of aryl methyl sites for hydroxylation is 1. The van der Waals surface area contributed by atoms with E-state index in [0.717, 1.165) is 43.6 Å². The highest BCUT2D eigenvalue weighted by atomic mass is 127. The van der Waals surface area contributed by atoms with E-state index in [4.69, 9.17) is 23.1 Å². The maximum absolute atomic E-state index is 10.6. The Labute approximate surface area is 151 Å². The normalized spacial score (nSPS) is 11.9. The summed E-state index contributed by atoms with van der Waals surface area (Å²) >= 11 is 7.60. The SMILES string of the molecule is NC(CCCCNC(=S)CCCc1ccc(I)cc1)C(=O)O. The van der Waals surface area contributed by atoms with E-state index in [0.29, 0.717) is 6.42 Å². The Hall–Kier alpha value is -0.730. The highest BCUT2D eigenvalue weighted by Crippen LogP contribution is 2.09. The maximum Gasteiger partial charge on any atom is 0.320 e. The molecular formula is C16H23IN2O2S. The first-order valence-corrected chi connectivity index (χ1v) is 8.97. The van der Waals surface area contributed by atoms with Gasteiger partial charge in [-0.25, -0.2) is 0 Å². The lowest BCUT2D eigenvalue weighted by Gasteiger charge is -2.09. The Kier molecular flexibility index (Phi) is 9.58. The van der Waals surface area contributed by atoms with Crippen molar-refractivity contribution >= 4 is 45.8 Å². The summed E-state index contributed by atoms with van der Waals surface area (Å²) in [6.45, 7) is 0.786. The average Bonchev–Trinajstić information content (AvgIpc) is 2.48. The van der Waals surface area contributed by atoms with Gasteiger partial charge in [0, 0.05) is 10.1 Å². The van der Waals surface area contributed by atoms with Crippen molar-refractivity contribution in [2.75, 3.05) is 6.54 Å². The molecule has 22 heavy (non-hydrogen) atoms. The van der Waals surface area contributed by atoms with E-state index in [-0.39, 0.29) is 0 Å². The molecule has 0 saturated heterocycles. The third-order valence-corrected chi connectivity index (χ3v) is 4.43. The van der Waals surface area contributed by atoms with Crippen LogP contribution in [0.25, 0.3) is 0 Å². The zero-order chi connectivity index (χ0) is 16.4. The number of carboxylic acids is 1. The van der Waals surface area contributed by atoms with Crippen LogP contribution >= 0.6 is 34.8 Å². The molecule has 0 radical (unpaired) electrons. The Bertz CT molecular complexity index is 480. The van der Waals surface area contributed by atoms with Crippen LogP contribution in [-0.4, -0.2) is 28.7 Å². The van der Waals surface area contributed by atoms with Crippen LogP contribution in [0.5, 0.6) is 0 Å². The van der Waals surface area contributed by atoms with Gasteiger partial charge in [-0.1, -0.05) is 24.4 Å². The Morgan fingerprint density at radius 2 is 1.95 bits per heavy atom. The predicted molar refractivity (Wildman–Crippen MR) is 102 cm³/mol. The summed E-state index contributed by atoms with van der Waals surface area (Å²) in [7, 11) is 0. The fraction of sp³-hybridized carbons (Fsp3) is 0.500. The van der Waals surface area contributed by atoms with Crippen LogP contribution < -0.4 is 11.1 Å². The molecule has 0 aliphatic rings. The van der Waals surface area contributed by atoms with Crippen molar-refractivity contribution in [3.8, 4) is 0 Å². The minimum absolute atomic E-state index is 0.510. The maximum atomic E-state index is 10.6. The van der Waals surface area contributed by atoms with Crippen LogP contribution in [0.4, 0.5) is 0 Å². The second kappa shape index (κ2) is 10.9. The quantitative estimate of drug-likeness (QED) is 0.300. The summed E-state index contributed by atoms with van der Waals surface area (Å²) in [5.74, 6) is -0.931. The number of halogens is 1. The molecule has 0 bridgehead atoms.